The van der Waals surface area contributed by atoms with E-state index in [9.17, 15) is 30.0 Å². The van der Waals surface area contributed by atoms with Gasteiger partial charge in [0, 0.05) is 44.2 Å². The molecule has 14 heteroatoms. The Hall–Kier alpha value is -1.62. The Morgan fingerprint density at radius 2 is 1.74 bits per heavy atom. The lowest BCUT2D eigenvalue weighted by atomic mass is 9.78. The highest BCUT2D eigenvalue weighted by molar-refractivity contribution is 5.70. The molecule has 1 amide bonds. The molecule has 5 rings (SSSR count). The van der Waals surface area contributed by atoms with Crippen molar-refractivity contribution in [2.24, 2.45) is 35.5 Å². The molecule has 0 aromatic carbocycles. The van der Waals surface area contributed by atoms with E-state index in [1.54, 1.807) is 6.92 Å². The van der Waals surface area contributed by atoms with Crippen LogP contribution in [0.4, 0.5) is 4.79 Å². The third kappa shape index (κ3) is 8.41. The minimum Gasteiger partial charge on any atom is -0.481 e. The number of carboxylic acid groups (broad SMARTS) is 1. The van der Waals surface area contributed by atoms with Crippen LogP contribution in [0, 0.1) is 35.5 Å². The average Bonchev–Trinajstić information content (AvgIpc) is 3.83. The molecule has 5 aliphatic heterocycles. The van der Waals surface area contributed by atoms with E-state index >= 15 is 0 Å². The van der Waals surface area contributed by atoms with Crippen LogP contribution in [0.15, 0.2) is 0 Å². The fourth-order valence-electron chi connectivity index (χ4n) is 10.1. The zero-order valence-corrected chi connectivity index (χ0v) is 33.2. The van der Waals surface area contributed by atoms with E-state index in [1.807, 2.05) is 34.6 Å². The summed E-state index contributed by atoms with van der Waals surface area (Å²) >= 11 is 0. The number of ether oxygens (including phenoxy) is 7. The topological polar surface area (TPSA) is 192 Å². The van der Waals surface area contributed by atoms with Gasteiger partial charge in [0.25, 0.3) is 0 Å². The summed E-state index contributed by atoms with van der Waals surface area (Å²) in [5.41, 5.74) is -1.77. The fourth-order valence-corrected chi connectivity index (χ4v) is 10.1. The van der Waals surface area contributed by atoms with Gasteiger partial charge >= 0.3 is 12.1 Å². The third-order valence-corrected chi connectivity index (χ3v) is 13.4. The summed E-state index contributed by atoms with van der Waals surface area (Å²) in [5.74, 6) is -5.28. The van der Waals surface area contributed by atoms with E-state index in [4.69, 9.17) is 33.2 Å². The number of carbonyl (C=O) groups excluding carboxylic acids is 1. The van der Waals surface area contributed by atoms with Gasteiger partial charge in [0.15, 0.2) is 5.79 Å². The van der Waals surface area contributed by atoms with Crippen molar-refractivity contribution >= 4 is 12.1 Å². The largest absolute Gasteiger partial charge is 0.481 e. The Balaban J connectivity index is 1.26. The molecule has 0 radical (unpaired) electrons. The summed E-state index contributed by atoms with van der Waals surface area (Å²) in [5, 5.41) is 46.2. The lowest BCUT2D eigenvalue weighted by molar-refractivity contribution is -0.336. The third-order valence-electron chi connectivity index (χ3n) is 13.4. The van der Waals surface area contributed by atoms with Crippen LogP contribution in [0.1, 0.15) is 107 Å². The molecule has 306 valence electrons. The van der Waals surface area contributed by atoms with Crippen LogP contribution in [0.5, 0.6) is 0 Å². The maximum Gasteiger partial charge on any atom is 0.407 e. The van der Waals surface area contributed by atoms with Crippen LogP contribution in [0.3, 0.4) is 0 Å². The van der Waals surface area contributed by atoms with Crippen molar-refractivity contribution < 1.29 is 63.2 Å². The van der Waals surface area contributed by atoms with Crippen molar-refractivity contribution in [2.45, 2.75) is 172 Å². The number of aliphatic hydroxyl groups is 3. The minimum absolute atomic E-state index is 0.0105. The first-order chi connectivity index (χ1) is 24.9. The number of hydrogen-bond donors (Lipinski definition) is 5. The molecule has 0 aromatic heterocycles. The predicted molar refractivity (Wildman–Crippen MR) is 192 cm³/mol. The van der Waals surface area contributed by atoms with Gasteiger partial charge in [0.2, 0.25) is 5.79 Å². The number of methoxy groups -OCH3 is 1. The number of nitrogens with one attached hydrogen (secondary N) is 1. The van der Waals surface area contributed by atoms with Crippen LogP contribution in [-0.2, 0) is 38.0 Å². The van der Waals surface area contributed by atoms with E-state index in [1.165, 1.54) is 7.11 Å². The number of amides is 1. The summed E-state index contributed by atoms with van der Waals surface area (Å²) in [6.07, 6.45) is 0.524. The van der Waals surface area contributed by atoms with Crippen molar-refractivity contribution in [1.82, 2.24) is 5.32 Å². The van der Waals surface area contributed by atoms with E-state index in [-0.39, 0.29) is 61.4 Å². The second-order valence-electron chi connectivity index (χ2n) is 17.4. The summed E-state index contributed by atoms with van der Waals surface area (Å²) in [6, 6.07) is 0. The minimum atomic E-state index is -1.66. The Morgan fingerprint density at radius 1 is 1.02 bits per heavy atom. The molecule has 5 heterocycles. The quantitative estimate of drug-likeness (QED) is 0.181. The Kier molecular flexibility index (Phi) is 13.2. The summed E-state index contributed by atoms with van der Waals surface area (Å²) in [6.45, 7) is 15.4. The zero-order chi connectivity index (χ0) is 39.1. The Bertz CT molecular complexity index is 1270. The van der Waals surface area contributed by atoms with Gasteiger partial charge in [-0.25, -0.2) is 4.79 Å². The number of hydrogen-bond acceptors (Lipinski definition) is 12. The first kappa shape index (κ1) is 42.5. The predicted octanol–water partition coefficient (Wildman–Crippen LogP) is 4.00. The SMILES string of the molecule is CCCNC(=O)OC[C@]1(O)O[C@H]([C@H]2C[C@H](C)[C@H]([C@]3(CO)CC[C@H]([C@]4(C)CC[C@]5(C[C@H](O)[C@@H](C)[C@@H]([C@@H](C)[C@@H](OC)[C@H](C)C(=O)O)O5)O4)O3)O2)[C@@H](C)C[C@H]1C. The standard InChI is InChI=1S/C39H67NO13/c1-10-15-40-35(45)48-20-39(46)23(4)16-21(2)30(52-39)28-17-22(3)33(49-28)37(19-41)12-11-29(50-37)36(8)13-14-38(53-36)18-27(42)24(5)32(51-38)25(6)31(47-9)26(7)34(43)44/h21-33,41-42,46H,10-20H2,1-9H3,(H,40,45)(H,43,44)/t21-,22-,23+,24+,25-,26-,27-,28+,29+,30-,31+,32-,33+,36-,37+,38+,39-/m0/s1. The molecule has 0 bridgehead atoms. The molecule has 14 nitrogen and oxygen atoms in total. The van der Waals surface area contributed by atoms with E-state index < -0.39 is 71.3 Å². The van der Waals surface area contributed by atoms with E-state index in [2.05, 4.69) is 19.2 Å². The van der Waals surface area contributed by atoms with Gasteiger partial charge in [-0.05, 0) is 64.2 Å². The number of carbonyl (C=O) groups is 2. The number of rotatable bonds is 13. The van der Waals surface area contributed by atoms with Crippen molar-refractivity contribution in [2.75, 3.05) is 26.9 Å². The highest BCUT2D eigenvalue weighted by Crippen LogP contribution is 2.54. The summed E-state index contributed by atoms with van der Waals surface area (Å²) in [4.78, 5) is 24.0. The van der Waals surface area contributed by atoms with Gasteiger partial charge in [0.1, 0.15) is 12.2 Å². The molecule has 0 aromatic rings. The lowest BCUT2D eigenvalue weighted by Crippen LogP contribution is -2.57. The maximum absolute atomic E-state index is 12.2. The molecule has 0 unspecified atom stereocenters. The summed E-state index contributed by atoms with van der Waals surface area (Å²) < 4.78 is 44.6. The second kappa shape index (κ2) is 16.5. The van der Waals surface area contributed by atoms with Gasteiger partial charge in [-0.3, -0.25) is 4.79 Å². The highest BCUT2D eigenvalue weighted by Gasteiger charge is 2.62. The van der Waals surface area contributed by atoms with Gasteiger partial charge < -0.3 is 58.9 Å². The molecule has 0 saturated carbocycles. The van der Waals surface area contributed by atoms with E-state index in [0.29, 0.717) is 45.1 Å². The Morgan fingerprint density at radius 3 is 2.38 bits per heavy atom. The molecule has 5 fully saturated rings. The van der Waals surface area contributed by atoms with Gasteiger partial charge in [-0.15, -0.1) is 0 Å². The smallest absolute Gasteiger partial charge is 0.407 e. The van der Waals surface area contributed by atoms with Crippen LogP contribution in [0.25, 0.3) is 0 Å². The molecule has 17 atom stereocenters. The number of aliphatic hydroxyl groups excluding tert-OH is 2. The van der Waals surface area contributed by atoms with Crippen molar-refractivity contribution in [1.29, 1.82) is 0 Å². The molecule has 1 spiro atoms. The molecule has 0 aliphatic carbocycles. The monoisotopic (exact) mass is 757 g/mol. The van der Waals surface area contributed by atoms with Crippen molar-refractivity contribution in [3.8, 4) is 0 Å². The molecule has 5 N–H and O–H groups in total. The van der Waals surface area contributed by atoms with Gasteiger partial charge in [0.05, 0.1) is 60.9 Å². The van der Waals surface area contributed by atoms with Crippen molar-refractivity contribution in [3.05, 3.63) is 0 Å². The molecular weight excluding hydrogens is 690 g/mol. The number of carboxylic acids is 1. The number of aliphatic carboxylic acids is 1. The molecule has 53 heavy (non-hydrogen) atoms. The highest BCUT2D eigenvalue weighted by atomic mass is 16.7. The molecule has 5 saturated heterocycles. The maximum atomic E-state index is 12.2. The second-order valence-corrected chi connectivity index (χ2v) is 17.4. The normalized spacial score (nSPS) is 46.3. The first-order valence-electron chi connectivity index (χ1n) is 19.9. The summed E-state index contributed by atoms with van der Waals surface area (Å²) in [7, 11) is 1.50. The van der Waals surface area contributed by atoms with Gasteiger partial charge in [-0.1, -0.05) is 41.5 Å². The van der Waals surface area contributed by atoms with Crippen LogP contribution in [-0.4, -0.2) is 125 Å². The molecular formula is C39H67NO13. The van der Waals surface area contributed by atoms with Crippen LogP contribution < -0.4 is 5.32 Å². The van der Waals surface area contributed by atoms with Crippen LogP contribution in [0.2, 0.25) is 0 Å². The average molecular weight is 758 g/mol. The number of alkyl carbamates (subject to hydrolysis) is 1. The lowest BCUT2D eigenvalue weighted by Gasteiger charge is -2.48. The zero-order valence-electron chi connectivity index (χ0n) is 33.2. The van der Waals surface area contributed by atoms with Crippen LogP contribution >= 0.6 is 0 Å². The first-order valence-corrected chi connectivity index (χ1v) is 19.9. The van der Waals surface area contributed by atoms with E-state index in [0.717, 1.165) is 6.42 Å². The van der Waals surface area contributed by atoms with Gasteiger partial charge in [-0.2, -0.15) is 0 Å². The Labute approximate surface area is 314 Å². The van der Waals surface area contributed by atoms with Crippen molar-refractivity contribution in [3.63, 3.8) is 0 Å². The molecule has 5 aliphatic rings. The fraction of sp³-hybridized carbons (Fsp3) is 0.949.